The summed E-state index contributed by atoms with van der Waals surface area (Å²) in [6.07, 6.45) is 1.05. The largest absolute Gasteiger partial charge is 0.316 e. The van der Waals surface area contributed by atoms with E-state index in [2.05, 4.69) is 38.0 Å². The number of hydrogen-bond acceptors (Lipinski definition) is 3. The molecule has 1 N–H and O–H groups in total. The molecule has 2 nitrogen and oxygen atoms in total. The molecule has 0 aliphatic carbocycles. The van der Waals surface area contributed by atoms with Gasteiger partial charge in [-0.25, -0.2) is 4.98 Å². The van der Waals surface area contributed by atoms with Crippen LogP contribution in [-0.2, 0) is 6.42 Å². The van der Waals surface area contributed by atoms with Crippen molar-refractivity contribution >= 4 is 11.3 Å². The Kier molecular flexibility index (Phi) is 4.08. The highest BCUT2D eigenvalue weighted by molar-refractivity contribution is 7.11. The molecule has 14 heavy (non-hydrogen) atoms. The van der Waals surface area contributed by atoms with Gasteiger partial charge in [0.2, 0.25) is 0 Å². The fourth-order valence-electron chi connectivity index (χ4n) is 1.49. The van der Waals surface area contributed by atoms with E-state index in [1.54, 1.807) is 0 Å². The van der Waals surface area contributed by atoms with Crippen LogP contribution >= 0.6 is 11.3 Å². The van der Waals surface area contributed by atoms with Crippen molar-refractivity contribution in [1.29, 1.82) is 0 Å². The number of rotatable bonds is 4. The van der Waals surface area contributed by atoms with Crippen molar-refractivity contribution in [3.8, 4) is 0 Å². The Hall–Kier alpha value is -0.410. The van der Waals surface area contributed by atoms with E-state index in [1.807, 2.05) is 18.4 Å². The van der Waals surface area contributed by atoms with Gasteiger partial charge in [-0.2, -0.15) is 0 Å². The second-order valence-electron chi connectivity index (χ2n) is 4.09. The van der Waals surface area contributed by atoms with Crippen molar-refractivity contribution in [1.82, 2.24) is 10.3 Å². The summed E-state index contributed by atoms with van der Waals surface area (Å²) in [7, 11) is 2.03. The average Bonchev–Trinajstić information content (AvgIpc) is 2.41. The first-order valence-corrected chi connectivity index (χ1v) is 5.96. The van der Waals surface area contributed by atoms with E-state index in [0.717, 1.165) is 6.42 Å². The summed E-state index contributed by atoms with van der Waals surface area (Å²) in [5.74, 6) is 0.657. The number of aryl methyl sites for hydroxylation is 2. The Morgan fingerprint density at radius 3 is 2.36 bits per heavy atom. The number of nitrogens with one attached hydrogen (secondary N) is 1. The van der Waals surface area contributed by atoms with Crippen LogP contribution in [0.25, 0.3) is 0 Å². The third-order valence-corrected chi connectivity index (χ3v) is 3.74. The lowest BCUT2D eigenvalue weighted by molar-refractivity contribution is 0.424. The molecule has 0 aliphatic heterocycles. The van der Waals surface area contributed by atoms with Crippen LogP contribution in [0.3, 0.4) is 0 Å². The number of aromatic nitrogens is 1. The molecule has 0 fully saturated rings. The van der Waals surface area contributed by atoms with Crippen LogP contribution in [0.15, 0.2) is 0 Å². The second-order valence-corrected chi connectivity index (χ2v) is 5.38. The van der Waals surface area contributed by atoms with Crippen molar-refractivity contribution in [2.75, 3.05) is 7.05 Å². The van der Waals surface area contributed by atoms with Crippen LogP contribution in [0.4, 0.5) is 0 Å². The second kappa shape index (κ2) is 4.89. The molecule has 1 aromatic rings. The first kappa shape index (κ1) is 11.7. The molecule has 0 saturated heterocycles. The Labute approximate surface area is 90.8 Å². The van der Waals surface area contributed by atoms with E-state index >= 15 is 0 Å². The quantitative estimate of drug-likeness (QED) is 0.829. The molecular formula is C11H20N2S. The molecule has 0 aliphatic rings. The van der Waals surface area contributed by atoms with E-state index in [9.17, 15) is 0 Å². The molecule has 1 rings (SSSR count). The molecule has 0 bridgehead atoms. The molecule has 0 radical (unpaired) electrons. The highest BCUT2D eigenvalue weighted by atomic mass is 32.1. The molecule has 1 unspecified atom stereocenters. The highest BCUT2D eigenvalue weighted by Gasteiger charge is 2.14. The topological polar surface area (TPSA) is 24.9 Å². The Morgan fingerprint density at radius 1 is 1.36 bits per heavy atom. The molecule has 3 heteroatoms. The van der Waals surface area contributed by atoms with Crippen LogP contribution in [0.5, 0.6) is 0 Å². The summed E-state index contributed by atoms with van der Waals surface area (Å²) in [6, 6.07) is 0.542. The van der Waals surface area contributed by atoms with E-state index in [0.29, 0.717) is 12.0 Å². The maximum absolute atomic E-state index is 4.56. The highest BCUT2D eigenvalue weighted by Crippen LogP contribution is 2.19. The van der Waals surface area contributed by atoms with Crippen molar-refractivity contribution in [2.45, 2.75) is 40.2 Å². The smallest absolute Gasteiger partial charge is 0.0946 e. The van der Waals surface area contributed by atoms with Gasteiger partial charge < -0.3 is 5.32 Å². The predicted octanol–water partition coefficient (Wildman–Crippen LogP) is 2.55. The molecule has 80 valence electrons. The summed E-state index contributed by atoms with van der Waals surface area (Å²) in [5, 5.41) is 4.60. The minimum atomic E-state index is 0.542. The van der Waals surface area contributed by atoms with Crippen molar-refractivity contribution in [3.05, 3.63) is 15.6 Å². The van der Waals surface area contributed by atoms with Crippen LogP contribution in [0, 0.1) is 19.8 Å². The first-order chi connectivity index (χ1) is 6.54. The maximum atomic E-state index is 4.56. The van der Waals surface area contributed by atoms with Gasteiger partial charge in [0.05, 0.1) is 10.7 Å². The molecule has 1 heterocycles. The molecular weight excluding hydrogens is 192 g/mol. The first-order valence-electron chi connectivity index (χ1n) is 5.14. The molecule has 0 amide bonds. The molecule has 0 aromatic carbocycles. The lowest BCUT2D eigenvalue weighted by Gasteiger charge is -2.18. The van der Waals surface area contributed by atoms with E-state index in [4.69, 9.17) is 0 Å². The minimum Gasteiger partial charge on any atom is -0.316 e. The Morgan fingerprint density at radius 2 is 2.00 bits per heavy atom. The molecule has 1 aromatic heterocycles. The van der Waals surface area contributed by atoms with E-state index in [-0.39, 0.29) is 0 Å². The zero-order chi connectivity index (χ0) is 10.7. The van der Waals surface area contributed by atoms with Crippen LogP contribution in [0.2, 0.25) is 0 Å². The van der Waals surface area contributed by atoms with Crippen LogP contribution in [-0.4, -0.2) is 18.1 Å². The Balaban J connectivity index is 2.67. The normalized spacial score (nSPS) is 13.6. The molecule has 0 spiro atoms. The van der Waals surface area contributed by atoms with Gasteiger partial charge in [0, 0.05) is 17.3 Å². The van der Waals surface area contributed by atoms with Crippen molar-refractivity contribution in [3.63, 3.8) is 0 Å². The number of hydrogen-bond donors (Lipinski definition) is 1. The minimum absolute atomic E-state index is 0.542. The van der Waals surface area contributed by atoms with E-state index in [1.165, 1.54) is 15.6 Å². The zero-order valence-electron chi connectivity index (χ0n) is 9.72. The zero-order valence-corrected chi connectivity index (χ0v) is 10.5. The van der Waals surface area contributed by atoms with Crippen LogP contribution < -0.4 is 5.32 Å². The van der Waals surface area contributed by atoms with Gasteiger partial charge in [-0.05, 0) is 26.8 Å². The van der Waals surface area contributed by atoms with Gasteiger partial charge in [-0.15, -0.1) is 11.3 Å². The third kappa shape index (κ3) is 2.79. The summed E-state index contributed by atoms with van der Waals surface area (Å²) in [6.45, 7) is 8.71. The van der Waals surface area contributed by atoms with Gasteiger partial charge in [0.15, 0.2) is 0 Å². The van der Waals surface area contributed by atoms with E-state index < -0.39 is 0 Å². The fraction of sp³-hybridized carbons (Fsp3) is 0.727. The maximum Gasteiger partial charge on any atom is 0.0946 e. The lowest BCUT2D eigenvalue weighted by Crippen LogP contribution is -2.32. The fourth-order valence-corrected chi connectivity index (χ4v) is 2.48. The van der Waals surface area contributed by atoms with Gasteiger partial charge in [0.1, 0.15) is 0 Å². The summed E-state index contributed by atoms with van der Waals surface area (Å²) >= 11 is 1.82. The number of thiazole rings is 1. The standard InChI is InChI=1S/C11H20N2S/c1-7(2)10(12-5)6-11-13-8(3)9(4)14-11/h7,10,12H,6H2,1-5H3. The predicted molar refractivity (Wildman–Crippen MR) is 63.0 cm³/mol. The van der Waals surface area contributed by atoms with Crippen LogP contribution in [0.1, 0.15) is 29.4 Å². The summed E-state index contributed by atoms with van der Waals surface area (Å²) in [4.78, 5) is 5.90. The lowest BCUT2D eigenvalue weighted by atomic mass is 10.0. The summed E-state index contributed by atoms with van der Waals surface area (Å²) < 4.78 is 0. The summed E-state index contributed by atoms with van der Waals surface area (Å²) in [5.41, 5.74) is 1.18. The van der Waals surface area contributed by atoms with Gasteiger partial charge in [-0.3, -0.25) is 0 Å². The van der Waals surface area contributed by atoms with Crippen molar-refractivity contribution in [2.24, 2.45) is 5.92 Å². The van der Waals surface area contributed by atoms with Crippen molar-refractivity contribution < 1.29 is 0 Å². The van der Waals surface area contributed by atoms with Gasteiger partial charge in [-0.1, -0.05) is 13.8 Å². The number of likely N-dealkylation sites (N-methyl/N-ethyl adjacent to an activating group) is 1. The average molecular weight is 212 g/mol. The SMILES string of the molecule is CNC(Cc1nc(C)c(C)s1)C(C)C. The van der Waals surface area contributed by atoms with Gasteiger partial charge >= 0.3 is 0 Å². The molecule has 0 saturated carbocycles. The number of nitrogens with zero attached hydrogens (tertiary/aromatic N) is 1. The Bertz CT molecular complexity index is 272. The molecule has 1 atom stereocenters. The monoisotopic (exact) mass is 212 g/mol. The third-order valence-electron chi connectivity index (χ3n) is 2.64. The van der Waals surface area contributed by atoms with Gasteiger partial charge in [0.25, 0.3) is 0 Å².